The Morgan fingerprint density at radius 1 is 1.75 bits per heavy atom. The standard InChI is InChI=1S/C8H13NO3/c1-2-12-7(9)6(8(10)11)5-3-4-5/h5-6,9H,2-4H2,1H3,(H,10,11). The molecule has 2 N–H and O–H groups in total. The first kappa shape index (κ1) is 9.03. The van der Waals surface area contributed by atoms with Gasteiger partial charge in [-0.3, -0.25) is 10.2 Å². The Kier molecular flexibility index (Phi) is 2.68. The zero-order valence-electron chi connectivity index (χ0n) is 7.04. The first-order chi connectivity index (χ1) is 5.66. The lowest BCUT2D eigenvalue weighted by molar-refractivity contribution is -0.140. The minimum Gasteiger partial charge on any atom is -0.481 e. The number of carbonyl (C=O) groups is 1. The van der Waals surface area contributed by atoms with Gasteiger partial charge in [-0.2, -0.15) is 0 Å². The molecule has 0 bridgehead atoms. The topological polar surface area (TPSA) is 70.4 Å². The number of rotatable bonds is 4. The van der Waals surface area contributed by atoms with Gasteiger partial charge < -0.3 is 9.84 Å². The molecule has 4 nitrogen and oxygen atoms in total. The second-order valence-electron chi connectivity index (χ2n) is 2.95. The van der Waals surface area contributed by atoms with E-state index in [1.807, 2.05) is 0 Å². The van der Waals surface area contributed by atoms with Crippen LogP contribution in [-0.2, 0) is 9.53 Å². The Bertz CT molecular complexity index is 198. The van der Waals surface area contributed by atoms with Crippen LogP contribution in [0.15, 0.2) is 0 Å². The number of aliphatic carboxylic acids is 1. The maximum atomic E-state index is 10.7. The summed E-state index contributed by atoms with van der Waals surface area (Å²) < 4.78 is 4.87. The van der Waals surface area contributed by atoms with Gasteiger partial charge in [-0.05, 0) is 25.7 Å². The van der Waals surface area contributed by atoms with E-state index in [2.05, 4.69) is 0 Å². The van der Waals surface area contributed by atoms with Gasteiger partial charge in [0, 0.05) is 0 Å². The lowest BCUT2D eigenvalue weighted by atomic mass is 10.0. The third kappa shape index (κ3) is 1.96. The van der Waals surface area contributed by atoms with Crippen LogP contribution in [0.3, 0.4) is 0 Å². The molecular weight excluding hydrogens is 158 g/mol. The van der Waals surface area contributed by atoms with Gasteiger partial charge in [0.25, 0.3) is 0 Å². The molecule has 1 aliphatic rings. The lowest BCUT2D eigenvalue weighted by Gasteiger charge is -2.12. The van der Waals surface area contributed by atoms with Gasteiger partial charge in [-0.25, -0.2) is 0 Å². The molecule has 4 heteroatoms. The Morgan fingerprint density at radius 3 is 2.67 bits per heavy atom. The number of carboxylic acid groups (broad SMARTS) is 1. The van der Waals surface area contributed by atoms with E-state index in [0.717, 1.165) is 12.8 Å². The molecule has 1 rings (SSSR count). The average Bonchev–Trinajstić information content (AvgIpc) is 2.71. The minimum absolute atomic E-state index is 0.0903. The van der Waals surface area contributed by atoms with Crippen LogP contribution in [0.25, 0.3) is 0 Å². The van der Waals surface area contributed by atoms with Gasteiger partial charge in [0.15, 0.2) is 5.90 Å². The normalized spacial score (nSPS) is 18.4. The van der Waals surface area contributed by atoms with E-state index in [9.17, 15) is 4.79 Å². The molecule has 0 aromatic carbocycles. The van der Waals surface area contributed by atoms with Crippen molar-refractivity contribution < 1.29 is 14.6 Å². The fraction of sp³-hybridized carbons (Fsp3) is 0.750. The molecule has 0 heterocycles. The van der Waals surface area contributed by atoms with Crippen molar-refractivity contribution in [3.8, 4) is 0 Å². The Balaban J connectivity index is 2.52. The van der Waals surface area contributed by atoms with E-state index in [1.54, 1.807) is 6.92 Å². The van der Waals surface area contributed by atoms with Crippen LogP contribution in [0, 0.1) is 17.2 Å². The van der Waals surface area contributed by atoms with E-state index in [0.29, 0.717) is 6.61 Å². The summed E-state index contributed by atoms with van der Waals surface area (Å²) in [6, 6.07) is 0. The fourth-order valence-electron chi connectivity index (χ4n) is 1.20. The molecule has 12 heavy (non-hydrogen) atoms. The predicted octanol–water partition coefficient (Wildman–Crippen LogP) is 1.11. The van der Waals surface area contributed by atoms with E-state index < -0.39 is 11.9 Å². The molecule has 0 amide bonds. The maximum absolute atomic E-state index is 10.7. The van der Waals surface area contributed by atoms with Crippen LogP contribution in [-0.4, -0.2) is 23.6 Å². The second-order valence-corrected chi connectivity index (χ2v) is 2.95. The summed E-state index contributed by atoms with van der Waals surface area (Å²) in [4.78, 5) is 10.7. The third-order valence-corrected chi connectivity index (χ3v) is 1.94. The quantitative estimate of drug-likeness (QED) is 0.491. The molecule has 0 radical (unpaired) electrons. The largest absolute Gasteiger partial charge is 0.481 e. The Morgan fingerprint density at radius 2 is 2.33 bits per heavy atom. The van der Waals surface area contributed by atoms with Crippen molar-refractivity contribution in [3.05, 3.63) is 0 Å². The molecule has 0 spiro atoms. The van der Waals surface area contributed by atoms with E-state index in [4.69, 9.17) is 15.3 Å². The first-order valence-corrected chi connectivity index (χ1v) is 4.10. The summed E-state index contributed by atoms with van der Waals surface area (Å²) in [5, 5.41) is 16.1. The van der Waals surface area contributed by atoms with Crippen LogP contribution < -0.4 is 0 Å². The van der Waals surface area contributed by atoms with Crippen molar-refractivity contribution in [2.45, 2.75) is 19.8 Å². The van der Waals surface area contributed by atoms with Crippen LogP contribution >= 0.6 is 0 Å². The number of nitrogens with one attached hydrogen (secondary N) is 1. The smallest absolute Gasteiger partial charge is 0.316 e. The van der Waals surface area contributed by atoms with E-state index >= 15 is 0 Å². The maximum Gasteiger partial charge on any atom is 0.316 e. The van der Waals surface area contributed by atoms with E-state index in [1.165, 1.54) is 0 Å². The van der Waals surface area contributed by atoms with Crippen molar-refractivity contribution in [1.29, 1.82) is 5.41 Å². The molecular formula is C8H13NO3. The van der Waals surface area contributed by atoms with Crippen molar-refractivity contribution in [2.24, 2.45) is 11.8 Å². The van der Waals surface area contributed by atoms with Gasteiger partial charge in [-0.1, -0.05) is 0 Å². The molecule has 1 atom stereocenters. The van der Waals surface area contributed by atoms with Crippen LogP contribution in [0.5, 0.6) is 0 Å². The number of hydrogen-bond acceptors (Lipinski definition) is 3. The van der Waals surface area contributed by atoms with Gasteiger partial charge in [0.1, 0.15) is 5.92 Å². The van der Waals surface area contributed by atoms with Crippen LogP contribution in [0.1, 0.15) is 19.8 Å². The highest BCUT2D eigenvalue weighted by atomic mass is 16.5. The van der Waals surface area contributed by atoms with Gasteiger partial charge in [0.2, 0.25) is 0 Å². The zero-order chi connectivity index (χ0) is 9.14. The van der Waals surface area contributed by atoms with Crippen LogP contribution in [0.4, 0.5) is 0 Å². The number of ether oxygens (including phenoxy) is 1. The molecule has 68 valence electrons. The second kappa shape index (κ2) is 3.56. The summed E-state index contributed by atoms with van der Waals surface area (Å²) in [6.45, 7) is 2.12. The highest BCUT2D eigenvalue weighted by molar-refractivity contribution is 5.96. The number of carboxylic acids is 1. The SMILES string of the molecule is CCOC(=N)C(C(=O)O)C1CC1. The minimum atomic E-state index is -0.934. The van der Waals surface area contributed by atoms with Crippen molar-refractivity contribution in [3.63, 3.8) is 0 Å². The summed E-state index contributed by atoms with van der Waals surface area (Å²) in [7, 11) is 0. The first-order valence-electron chi connectivity index (χ1n) is 4.10. The van der Waals surface area contributed by atoms with E-state index in [-0.39, 0.29) is 11.8 Å². The summed E-state index contributed by atoms with van der Waals surface area (Å²) in [6.07, 6.45) is 1.82. The lowest BCUT2D eigenvalue weighted by Crippen LogP contribution is -2.27. The van der Waals surface area contributed by atoms with Gasteiger partial charge in [-0.15, -0.1) is 0 Å². The highest BCUT2D eigenvalue weighted by Gasteiger charge is 2.40. The molecule has 1 fully saturated rings. The summed E-state index contributed by atoms with van der Waals surface area (Å²) in [5.41, 5.74) is 0. The molecule has 0 aromatic rings. The molecule has 0 aliphatic heterocycles. The monoisotopic (exact) mass is 171 g/mol. The fourth-order valence-corrected chi connectivity index (χ4v) is 1.20. The summed E-state index contributed by atoms with van der Waals surface area (Å²) >= 11 is 0. The summed E-state index contributed by atoms with van der Waals surface area (Å²) in [5.74, 6) is -1.59. The number of hydrogen-bond donors (Lipinski definition) is 2. The average molecular weight is 171 g/mol. The van der Waals surface area contributed by atoms with Gasteiger partial charge in [0.05, 0.1) is 6.61 Å². The van der Waals surface area contributed by atoms with Gasteiger partial charge >= 0.3 is 5.97 Å². The zero-order valence-corrected chi connectivity index (χ0v) is 7.04. The molecule has 0 aromatic heterocycles. The Labute approximate surface area is 71.0 Å². The molecule has 1 saturated carbocycles. The van der Waals surface area contributed by atoms with Crippen molar-refractivity contribution >= 4 is 11.9 Å². The van der Waals surface area contributed by atoms with Crippen molar-refractivity contribution in [1.82, 2.24) is 0 Å². The molecule has 1 aliphatic carbocycles. The predicted molar refractivity (Wildman–Crippen MR) is 43.2 cm³/mol. The third-order valence-electron chi connectivity index (χ3n) is 1.94. The highest BCUT2D eigenvalue weighted by Crippen LogP contribution is 2.37. The molecule has 1 unspecified atom stereocenters. The van der Waals surface area contributed by atoms with Crippen LogP contribution in [0.2, 0.25) is 0 Å². The molecule has 0 saturated heterocycles. The van der Waals surface area contributed by atoms with Crippen molar-refractivity contribution in [2.75, 3.05) is 6.61 Å². The Hall–Kier alpha value is -1.06.